The number of likely N-dealkylation sites (tertiary alicyclic amines) is 1. The summed E-state index contributed by atoms with van der Waals surface area (Å²) in [5, 5.41) is 10.1. The highest BCUT2D eigenvalue weighted by molar-refractivity contribution is 5.17. The van der Waals surface area contributed by atoms with E-state index in [0.29, 0.717) is 6.04 Å². The van der Waals surface area contributed by atoms with Crippen LogP contribution in [0.4, 0.5) is 0 Å². The molecule has 1 saturated heterocycles. The number of rotatable bonds is 4. The van der Waals surface area contributed by atoms with Gasteiger partial charge in [0.05, 0.1) is 6.10 Å². The smallest absolute Gasteiger partial charge is 0.0802 e. The molecule has 2 rings (SSSR count). The largest absolute Gasteiger partial charge is 0.388 e. The number of aliphatic hydroxyl groups excluding tert-OH is 1. The van der Waals surface area contributed by atoms with Crippen molar-refractivity contribution >= 4 is 0 Å². The molecular formula is C15H23NO. The zero-order valence-corrected chi connectivity index (χ0v) is 10.7. The van der Waals surface area contributed by atoms with E-state index in [-0.39, 0.29) is 6.10 Å². The molecule has 1 aliphatic rings. The summed E-state index contributed by atoms with van der Waals surface area (Å²) in [6.45, 7) is 4.51. The third kappa shape index (κ3) is 3.55. The SMILES string of the molecule is C[C@H]1CCCCN1CC[C@@H](O)c1ccccc1. The Morgan fingerprint density at radius 1 is 1.29 bits per heavy atom. The first-order valence-electron chi connectivity index (χ1n) is 6.74. The van der Waals surface area contributed by atoms with Crippen LogP contribution < -0.4 is 0 Å². The number of benzene rings is 1. The highest BCUT2D eigenvalue weighted by Gasteiger charge is 2.18. The lowest BCUT2D eigenvalue weighted by Crippen LogP contribution is -2.38. The molecule has 0 aliphatic carbocycles. The molecule has 94 valence electrons. The number of aliphatic hydroxyl groups is 1. The van der Waals surface area contributed by atoms with Crippen molar-refractivity contribution < 1.29 is 5.11 Å². The van der Waals surface area contributed by atoms with Crippen LogP contribution in [-0.4, -0.2) is 29.1 Å². The minimum atomic E-state index is -0.315. The molecule has 1 aliphatic heterocycles. The monoisotopic (exact) mass is 233 g/mol. The maximum atomic E-state index is 10.1. The van der Waals surface area contributed by atoms with Gasteiger partial charge in [0, 0.05) is 12.6 Å². The first-order chi connectivity index (χ1) is 8.27. The summed E-state index contributed by atoms with van der Waals surface area (Å²) in [7, 11) is 0. The normalized spacial score (nSPS) is 23.5. The average Bonchev–Trinajstić information content (AvgIpc) is 2.38. The van der Waals surface area contributed by atoms with Crippen molar-refractivity contribution in [3.63, 3.8) is 0 Å². The molecule has 1 aromatic carbocycles. The highest BCUT2D eigenvalue weighted by Crippen LogP contribution is 2.20. The van der Waals surface area contributed by atoms with E-state index in [2.05, 4.69) is 11.8 Å². The van der Waals surface area contributed by atoms with Gasteiger partial charge in [0.25, 0.3) is 0 Å². The first-order valence-corrected chi connectivity index (χ1v) is 6.74. The standard InChI is InChI=1S/C15H23NO/c1-13-7-5-6-11-16(13)12-10-15(17)14-8-3-2-4-9-14/h2-4,8-9,13,15,17H,5-7,10-12H2,1H3/t13-,15+/m0/s1. The van der Waals surface area contributed by atoms with E-state index in [1.165, 1.54) is 25.8 Å². The molecule has 2 atom stereocenters. The van der Waals surface area contributed by atoms with Gasteiger partial charge in [0.2, 0.25) is 0 Å². The number of piperidine rings is 1. The molecule has 0 saturated carbocycles. The molecule has 2 nitrogen and oxygen atoms in total. The van der Waals surface area contributed by atoms with Crippen LogP contribution in [0.3, 0.4) is 0 Å². The van der Waals surface area contributed by atoms with Gasteiger partial charge < -0.3 is 10.0 Å². The van der Waals surface area contributed by atoms with Crippen LogP contribution >= 0.6 is 0 Å². The van der Waals surface area contributed by atoms with Crippen LogP contribution in [0.1, 0.15) is 44.3 Å². The van der Waals surface area contributed by atoms with Gasteiger partial charge in [-0.05, 0) is 38.3 Å². The molecule has 0 aromatic heterocycles. The predicted octanol–water partition coefficient (Wildman–Crippen LogP) is 2.98. The summed E-state index contributed by atoms with van der Waals surface area (Å²) in [6, 6.07) is 10.7. The number of hydrogen-bond donors (Lipinski definition) is 1. The van der Waals surface area contributed by atoms with Crippen LogP contribution in [0.25, 0.3) is 0 Å². The lowest BCUT2D eigenvalue weighted by Gasteiger charge is -2.33. The molecule has 0 unspecified atom stereocenters. The van der Waals surface area contributed by atoms with Crippen molar-refractivity contribution in [2.45, 2.75) is 44.8 Å². The van der Waals surface area contributed by atoms with E-state index in [1.807, 2.05) is 30.3 Å². The van der Waals surface area contributed by atoms with E-state index in [9.17, 15) is 5.11 Å². The maximum Gasteiger partial charge on any atom is 0.0802 e. The molecule has 1 fully saturated rings. The molecule has 1 N–H and O–H groups in total. The van der Waals surface area contributed by atoms with Crippen molar-refractivity contribution in [2.24, 2.45) is 0 Å². The Kier molecular flexibility index (Phi) is 4.57. The fourth-order valence-corrected chi connectivity index (χ4v) is 2.62. The first kappa shape index (κ1) is 12.6. The molecular weight excluding hydrogens is 210 g/mol. The average molecular weight is 233 g/mol. The van der Waals surface area contributed by atoms with Crippen molar-refractivity contribution in [1.29, 1.82) is 0 Å². The molecule has 0 amide bonds. The molecule has 2 heteroatoms. The Morgan fingerprint density at radius 2 is 2.06 bits per heavy atom. The Labute approximate surface area is 104 Å². The van der Waals surface area contributed by atoms with E-state index in [4.69, 9.17) is 0 Å². The van der Waals surface area contributed by atoms with Gasteiger partial charge in [-0.15, -0.1) is 0 Å². The summed E-state index contributed by atoms with van der Waals surface area (Å²) in [5.74, 6) is 0. The third-order valence-electron chi connectivity index (χ3n) is 3.81. The van der Waals surface area contributed by atoms with E-state index in [1.54, 1.807) is 0 Å². The second kappa shape index (κ2) is 6.18. The number of hydrogen-bond acceptors (Lipinski definition) is 2. The summed E-state index contributed by atoms with van der Waals surface area (Å²) >= 11 is 0. The van der Waals surface area contributed by atoms with E-state index >= 15 is 0 Å². The van der Waals surface area contributed by atoms with E-state index in [0.717, 1.165) is 18.5 Å². The number of nitrogens with zero attached hydrogens (tertiary/aromatic N) is 1. The van der Waals surface area contributed by atoms with Gasteiger partial charge in [0.15, 0.2) is 0 Å². The Morgan fingerprint density at radius 3 is 2.76 bits per heavy atom. The molecule has 17 heavy (non-hydrogen) atoms. The fourth-order valence-electron chi connectivity index (χ4n) is 2.62. The maximum absolute atomic E-state index is 10.1. The minimum Gasteiger partial charge on any atom is -0.388 e. The quantitative estimate of drug-likeness (QED) is 0.864. The van der Waals surface area contributed by atoms with Crippen molar-refractivity contribution in [2.75, 3.05) is 13.1 Å². The molecule has 1 heterocycles. The van der Waals surface area contributed by atoms with Crippen LogP contribution in [0.5, 0.6) is 0 Å². The van der Waals surface area contributed by atoms with Crippen molar-refractivity contribution in [3.8, 4) is 0 Å². The topological polar surface area (TPSA) is 23.5 Å². The highest BCUT2D eigenvalue weighted by atomic mass is 16.3. The van der Waals surface area contributed by atoms with Crippen LogP contribution in [-0.2, 0) is 0 Å². The minimum absolute atomic E-state index is 0.315. The Balaban J connectivity index is 1.81. The third-order valence-corrected chi connectivity index (χ3v) is 3.81. The summed E-state index contributed by atoms with van der Waals surface area (Å²) in [5.41, 5.74) is 1.04. The fraction of sp³-hybridized carbons (Fsp3) is 0.600. The lowest BCUT2D eigenvalue weighted by atomic mass is 10.0. The van der Waals surface area contributed by atoms with Gasteiger partial charge >= 0.3 is 0 Å². The summed E-state index contributed by atoms with van der Waals surface area (Å²) in [4.78, 5) is 2.51. The van der Waals surface area contributed by atoms with Gasteiger partial charge in [-0.25, -0.2) is 0 Å². The zero-order chi connectivity index (χ0) is 12.1. The molecule has 1 aromatic rings. The van der Waals surface area contributed by atoms with Gasteiger partial charge in [-0.2, -0.15) is 0 Å². The second-order valence-electron chi connectivity index (χ2n) is 5.10. The van der Waals surface area contributed by atoms with Gasteiger partial charge in [-0.1, -0.05) is 36.8 Å². The Bertz CT molecular complexity index is 325. The molecule has 0 spiro atoms. The Hall–Kier alpha value is -0.860. The molecule has 0 bridgehead atoms. The zero-order valence-electron chi connectivity index (χ0n) is 10.7. The van der Waals surface area contributed by atoms with Crippen molar-refractivity contribution in [3.05, 3.63) is 35.9 Å². The van der Waals surface area contributed by atoms with Gasteiger partial charge in [-0.3, -0.25) is 0 Å². The summed E-state index contributed by atoms with van der Waals surface area (Å²) < 4.78 is 0. The molecule has 0 radical (unpaired) electrons. The van der Waals surface area contributed by atoms with Crippen LogP contribution in [0.2, 0.25) is 0 Å². The van der Waals surface area contributed by atoms with E-state index < -0.39 is 0 Å². The van der Waals surface area contributed by atoms with Crippen molar-refractivity contribution in [1.82, 2.24) is 4.90 Å². The van der Waals surface area contributed by atoms with Gasteiger partial charge in [0.1, 0.15) is 0 Å². The van der Waals surface area contributed by atoms with Crippen LogP contribution in [0, 0.1) is 0 Å². The lowest BCUT2D eigenvalue weighted by molar-refractivity contribution is 0.109. The second-order valence-corrected chi connectivity index (χ2v) is 5.10. The van der Waals surface area contributed by atoms with Crippen LogP contribution in [0.15, 0.2) is 30.3 Å². The summed E-state index contributed by atoms with van der Waals surface area (Å²) in [6.07, 6.45) is 4.51. The predicted molar refractivity (Wildman–Crippen MR) is 70.9 cm³/mol.